The molecule has 0 aliphatic heterocycles. The van der Waals surface area contributed by atoms with Gasteiger partial charge in [-0.2, -0.15) is 0 Å². The van der Waals surface area contributed by atoms with Crippen LogP contribution in [0.25, 0.3) is 0 Å². The average Bonchev–Trinajstić information content (AvgIpc) is 1.82. The fraction of sp³-hybridized carbons (Fsp3) is 0.500. The lowest BCUT2D eigenvalue weighted by atomic mass is 10.2. The van der Waals surface area contributed by atoms with Gasteiger partial charge in [0.05, 0.1) is 0 Å². The van der Waals surface area contributed by atoms with Gasteiger partial charge in [0.2, 0.25) is 5.91 Å². The van der Waals surface area contributed by atoms with Crippen LogP contribution in [0.2, 0.25) is 0 Å². The molecule has 0 bridgehead atoms. The van der Waals surface area contributed by atoms with E-state index in [0.29, 0.717) is 12.1 Å². The van der Waals surface area contributed by atoms with Crippen molar-refractivity contribution in [3.05, 3.63) is 18.1 Å². The summed E-state index contributed by atoms with van der Waals surface area (Å²) >= 11 is 0. The fourth-order valence-electron chi connectivity index (χ4n) is 0.408. The van der Waals surface area contributed by atoms with Crippen molar-refractivity contribution in [1.82, 2.24) is 5.32 Å². The first-order valence-corrected chi connectivity index (χ1v) is 3.26. The van der Waals surface area contributed by atoms with E-state index in [1.165, 1.54) is 5.92 Å². The first kappa shape index (κ1) is 9.21. The van der Waals surface area contributed by atoms with Gasteiger partial charge in [-0.1, -0.05) is 20.4 Å². The molecule has 10 heavy (non-hydrogen) atoms. The highest BCUT2D eigenvalue weighted by atomic mass is 16.1. The molecule has 57 valence electrons. The van der Waals surface area contributed by atoms with Gasteiger partial charge in [0, 0.05) is 12.1 Å². The lowest BCUT2D eigenvalue weighted by Gasteiger charge is -2.05. The van der Waals surface area contributed by atoms with Crippen LogP contribution in [0, 0.1) is 5.92 Å². The molecule has 0 rings (SSSR count). The molecular weight excluding hydrogens is 126 g/mol. The summed E-state index contributed by atoms with van der Waals surface area (Å²) in [5.74, 6) is 1.12. The van der Waals surface area contributed by atoms with E-state index in [1.54, 1.807) is 6.92 Å². The normalized spacial score (nSPS) is 9.60. The second-order valence-electron chi connectivity index (χ2n) is 2.67. The Labute approximate surface area is 62.3 Å². The van der Waals surface area contributed by atoms with E-state index in [9.17, 15) is 4.79 Å². The van der Waals surface area contributed by atoms with Crippen molar-refractivity contribution >= 4 is 5.91 Å². The number of nitrogens with one attached hydrogen (secondary N) is 1. The Morgan fingerprint density at radius 2 is 1.90 bits per heavy atom. The van der Waals surface area contributed by atoms with Gasteiger partial charge in [0.15, 0.2) is 0 Å². The van der Waals surface area contributed by atoms with Crippen molar-refractivity contribution in [3.8, 4) is 0 Å². The molecule has 0 unspecified atom stereocenters. The monoisotopic (exact) mass is 140 g/mol. The molecule has 0 aliphatic rings. The molecule has 1 amide bonds. The average molecular weight is 140 g/mol. The van der Waals surface area contributed by atoms with Crippen molar-refractivity contribution < 1.29 is 4.79 Å². The third-order valence-electron chi connectivity index (χ3n) is 0.990. The van der Waals surface area contributed by atoms with Gasteiger partial charge in [-0.05, 0) is 12.8 Å². The molecule has 0 aromatic carbocycles. The Kier molecular flexibility index (Phi) is 3.77. The summed E-state index contributed by atoms with van der Waals surface area (Å²) in [5, 5.41) is 2.71. The third-order valence-corrected chi connectivity index (χ3v) is 0.990. The third kappa shape index (κ3) is 4.13. The second-order valence-corrected chi connectivity index (χ2v) is 2.67. The maximum absolute atomic E-state index is 10.8. The van der Waals surface area contributed by atoms with Gasteiger partial charge in [0.1, 0.15) is 0 Å². The van der Waals surface area contributed by atoms with E-state index in [-0.39, 0.29) is 5.91 Å². The number of hydrogen-bond acceptors (Lipinski definition) is 1. The zero-order valence-corrected chi connectivity index (χ0v) is 6.82. The summed E-state index contributed by atoms with van der Waals surface area (Å²) in [6.07, 6.45) is 0. The van der Waals surface area contributed by atoms with E-state index in [4.69, 9.17) is 0 Å². The lowest BCUT2D eigenvalue weighted by Crippen LogP contribution is -2.26. The highest BCUT2D eigenvalue weighted by molar-refractivity contribution is 5.92. The molecule has 1 N–H and O–H groups in total. The second kappa shape index (κ2) is 4.09. The number of rotatable bonds is 3. The van der Waals surface area contributed by atoms with Gasteiger partial charge in [-0.3, -0.25) is 4.79 Å². The predicted octanol–water partition coefficient (Wildman–Crippen LogP) is 1.29. The zero-order chi connectivity index (χ0) is 8.15. The standard InChI is InChI=1S/C8H14NO/c1-6(2)5-9-8(10)7(3)4/h3,5H2,1-2,4H3,(H,9,10). The number of carbonyl (C=O) groups excluding carboxylic acids is 1. The van der Waals surface area contributed by atoms with Gasteiger partial charge in [0.25, 0.3) is 0 Å². The number of amides is 1. The lowest BCUT2D eigenvalue weighted by molar-refractivity contribution is -0.117. The molecule has 0 saturated carbocycles. The minimum absolute atomic E-state index is 0.0683. The highest BCUT2D eigenvalue weighted by Crippen LogP contribution is 1.92. The molecule has 0 spiro atoms. The van der Waals surface area contributed by atoms with Crippen molar-refractivity contribution in [1.29, 1.82) is 0 Å². The van der Waals surface area contributed by atoms with Gasteiger partial charge in [-0.15, -0.1) is 0 Å². The summed E-state index contributed by atoms with van der Waals surface area (Å²) in [7, 11) is 0. The summed E-state index contributed by atoms with van der Waals surface area (Å²) in [4.78, 5) is 10.8. The van der Waals surface area contributed by atoms with Crippen molar-refractivity contribution in [2.45, 2.75) is 20.8 Å². The minimum atomic E-state index is -0.0683. The minimum Gasteiger partial charge on any atom is -0.352 e. The van der Waals surface area contributed by atoms with Gasteiger partial charge < -0.3 is 5.32 Å². The summed E-state index contributed by atoms with van der Waals surface area (Å²) < 4.78 is 0. The van der Waals surface area contributed by atoms with Crippen LogP contribution in [0.3, 0.4) is 0 Å². The van der Waals surface area contributed by atoms with Crippen LogP contribution in [0.1, 0.15) is 20.8 Å². The van der Waals surface area contributed by atoms with Crippen LogP contribution in [-0.4, -0.2) is 12.5 Å². The van der Waals surface area contributed by atoms with Crippen LogP contribution in [-0.2, 0) is 4.79 Å². The Hall–Kier alpha value is -0.790. The van der Waals surface area contributed by atoms with Crippen molar-refractivity contribution in [2.75, 3.05) is 6.54 Å². The predicted molar refractivity (Wildman–Crippen MR) is 42.4 cm³/mol. The Morgan fingerprint density at radius 3 is 2.20 bits per heavy atom. The van der Waals surface area contributed by atoms with E-state index in [1.807, 2.05) is 13.8 Å². The zero-order valence-electron chi connectivity index (χ0n) is 6.82. The van der Waals surface area contributed by atoms with Gasteiger partial charge in [-0.25, -0.2) is 0 Å². The smallest absolute Gasteiger partial charge is 0.246 e. The van der Waals surface area contributed by atoms with Crippen molar-refractivity contribution in [2.24, 2.45) is 0 Å². The summed E-state index contributed by atoms with van der Waals surface area (Å²) in [6.45, 7) is 9.79. The van der Waals surface area contributed by atoms with Crippen LogP contribution >= 0.6 is 0 Å². The molecular formula is C8H14NO. The summed E-state index contributed by atoms with van der Waals surface area (Å²) in [5.41, 5.74) is 0.557. The van der Waals surface area contributed by atoms with Crippen LogP contribution in [0.5, 0.6) is 0 Å². The molecule has 1 radical (unpaired) electrons. The Morgan fingerprint density at radius 1 is 1.40 bits per heavy atom. The maximum Gasteiger partial charge on any atom is 0.246 e. The van der Waals surface area contributed by atoms with Crippen molar-refractivity contribution in [3.63, 3.8) is 0 Å². The Balaban J connectivity index is 3.50. The quantitative estimate of drug-likeness (QED) is 0.588. The van der Waals surface area contributed by atoms with Gasteiger partial charge >= 0.3 is 0 Å². The van der Waals surface area contributed by atoms with E-state index in [2.05, 4.69) is 11.9 Å². The molecule has 0 heterocycles. The van der Waals surface area contributed by atoms with E-state index >= 15 is 0 Å². The molecule has 0 aromatic heterocycles. The maximum atomic E-state index is 10.8. The highest BCUT2D eigenvalue weighted by Gasteiger charge is 2.00. The first-order valence-electron chi connectivity index (χ1n) is 3.26. The Bertz CT molecular complexity index is 138. The van der Waals surface area contributed by atoms with Crippen LogP contribution < -0.4 is 5.32 Å². The molecule has 2 heteroatoms. The molecule has 0 aliphatic carbocycles. The topological polar surface area (TPSA) is 29.1 Å². The SMILES string of the molecule is C=C(C)C(=O)NC[C](C)C. The largest absolute Gasteiger partial charge is 0.352 e. The molecule has 0 saturated heterocycles. The molecule has 0 atom stereocenters. The molecule has 0 fully saturated rings. The number of hydrogen-bond donors (Lipinski definition) is 1. The van der Waals surface area contributed by atoms with Crippen LogP contribution in [0.15, 0.2) is 12.2 Å². The van der Waals surface area contributed by atoms with E-state index in [0.717, 1.165) is 0 Å². The summed E-state index contributed by atoms with van der Waals surface area (Å²) in [6, 6.07) is 0. The first-order chi connectivity index (χ1) is 4.54. The van der Waals surface area contributed by atoms with Crippen LogP contribution in [0.4, 0.5) is 0 Å². The van der Waals surface area contributed by atoms with E-state index < -0.39 is 0 Å². The molecule has 2 nitrogen and oxygen atoms in total. The number of carbonyl (C=O) groups is 1. The fourth-order valence-corrected chi connectivity index (χ4v) is 0.408. The molecule has 0 aromatic rings.